The average Bonchev–Trinajstić information content (AvgIpc) is 2.92. The first-order valence-corrected chi connectivity index (χ1v) is 8.21. The Morgan fingerprint density at radius 1 is 1.33 bits per heavy atom. The summed E-state index contributed by atoms with van der Waals surface area (Å²) < 4.78 is 0. The SMILES string of the molecule is NCC1(CN(Cc2ccsc2)C2CC2)CCCC1. The monoisotopic (exact) mass is 264 g/mol. The Morgan fingerprint density at radius 3 is 2.67 bits per heavy atom. The van der Waals surface area contributed by atoms with Crippen LogP contribution in [0.2, 0.25) is 0 Å². The van der Waals surface area contributed by atoms with E-state index in [-0.39, 0.29) is 0 Å². The fourth-order valence-corrected chi connectivity index (χ4v) is 4.01. The van der Waals surface area contributed by atoms with Crippen molar-refractivity contribution in [3.8, 4) is 0 Å². The maximum Gasteiger partial charge on any atom is 0.0245 e. The molecule has 2 fully saturated rings. The number of rotatable bonds is 6. The molecule has 1 aromatic rings. The lowest BCUT2D eigenvalue weighted by Crippen LogP contribution is -2.41. The van der Waals surface area contributed by atoms with Gasteiger partial charge in [0.05, 0.1) is 0 Å². The molecule has 2 aliphatic carbocycles. The molecule has 0 saturated heterocycles. The molecule has 0 bridgehead atoms. The summed E-state index contributed by atoms with van der Waals surface area (Å²) in [5.41, 5.74) is 8.00. The molecule has 0 aromatic carbocycles. The van der Waals surface area contributed by atoms with Gasteiger partial charge in [-0.15, -0.1) is 0 Å². The predicted molar refractivity (Wildman–Crippen MR) is 77.7 cm³/mol. The van der Waals surface area contributed by atoms with E-state index in [2.05, 4.69) is 21.7 Å². The second-order valence-corrected chi connectivity index (χ2v) is 6.96. The lowest BCUT2D eigenvalue weighted by molar-refractivity contribution is 0.144. The summed E-state index contributed by atoms with van der Waals surface area (Å²) in [7, 11) is 0. The summed E-state index contributed by atoms with van der Waals surface area (Å²) in [4.78, 5) is 2.71. The molecule has 2 nitrogen and oxygen atoms in total. The van der Waals surface area contributed by atoms with E-state index in [1.54, 1.807) is 0 Å². The van der Waals surface area contributed by atoms with Gasteiger partial charge in [0.25, 0.3) is 0 Å². The van der Waals surface area contributed by atoms with Gasteiger partial charge in [-0.1, -0.05) is 12.8 Å². The van der Waals surface area contributed by atoms with Crippen LogP contribution >= 0.6 is 11.3 Å². The van der Waals surface area contributed by atoms with Gasteiger partial charge >= 0.3 is 0 Å². The summed E-state index contributed by atoms with van der Waals surface area (Å²) in [6, 6.07) is 3.11. The molecule has 0 atom stereocenters. The third kappa shape index (κ3) is 2.79. The molecule has 3 rings (SSSR count). The van der Waals surface area contributed by atoms with E-state index in [0.29, 0.717) is 5.41 Å². The molecule has 100 valence electrons. The standard InChI is InChI=1S/C15H24N2S/c16-11-15(6-1-2-7-15)12-17(14-3-4-14)9-13-5-8-18-10-13/h5,8,10,14H,1-4,6-7,9,11-12,16H2. The quantitative estimate of drug-likeness (QED) is 0.854. The van der Waals surface area contributed by atoms with Crippen LogP contribution in [0.25, 0.3) is 0 Å². The lowest BCUT2D eigenvalue weighted by atomic mass is 9.85. The maximum absolute atomic E-state index is 6.09. The van der Waals surface area contributed by atoms with Crippen molar-refractivity contribution in [2.45, 2.75) is 51.1 Å². The van der Waals surface area contributed by atoms with E-state index in [1.165, 1.54) is 50.6 Å². The summed E-state index contributed by atoms with van der Waals surface area (Å²) in [5, 5.41) is 4.48. The molecular weight excluding hydrogens is 240 g/mol. The van der Waals surface area contributed by atoms with Crippen molar-refractivity contribution in [3.63, 3.8) is 0 Å². The van der Waals surface area contributed by atoms with Gasteiger partial charge in [-0.3, -0.25) is 4.90 Å². The smallest absolute Gasteiger partial charge is 0.0245 e. The van der Waals surface area contributed by atoms with E-state index in [1.807, 2.05) is 11.3 Å². The number of hydrogen-bond donors (Lipinski definition) is 1. The Bertz CT molecular complexity index is 364. The lowest BCUT2D eigenvalue weighted by Gasteiger charge is -2.34. The van der Waals surface area contributed by atoms with Crippen LogP contribution < -0.4 is 5.73 Å². The number of nitrogens with two attached hydrogens (primary N) is 1. The Balaban J connectivity index is 1.66. The molecule has 1 aromatic heterocycles. The first kappa shape index (κ1) is 12.6. The zero-order chi connectivity index (χ0) is 12.4. The summed E-state index contributed by atoms with van der Waals surface area (Å²) in [6.07, 6.45) is 8.24. The molecule has 2 aliphatic rings. The number of hydrogen-bond acceptors (Lipinski definition) is 3. The van der Waals surface area contributed by atoms with Crippen molar-refractivity contribution in [1.82, 2.24) is 4.90 Å². The van der Waals surface area contributed by atoms with Gasteiger partial charge in [0.2, 0.25) is 0 Å². The highest BCUT2D eigenvalue weighted by atomic mass is 32.1. The van der Waals surface area contributed by atoms with Crippen molar-refractivity contribution < 1.29 is 0 Å². The van der Waals surface area contributed by atoms with Crippen LogP contribution in [0.1, 0.15) is 44.1 Å². The molecule has 2 saturated carbocycles. The van der Waals surface area contributed by atoms with E-state index in [4.69, 9.17) is 5.73 Å². The molecule has 1 heterocycles. The van der Waals surface area contributed by atoms with Crippen LogP contribution in [0, 0.1) is 5.41 Å². The van der Waals surface area contributed by atoms with Crippen LogP contribution in [0.15, 0.2) is 16.8 Å². The minimum atomic E-state index is 0.429. The van der Waals surface area contributed by atoms with Crippen molar-refractivity contribution >= 4 is 11.3 Å². The Morgan fingerprint density at radius 2 is 2.11 bits per heavy atom. The maximum atomic E-state index is 6.09. The molecule has 0 spiro atoms. The van der Waals surface area contributed by atoms with Crippen molar-refractivity contribution in [3.05, 3.63) is 22.4 Å². The van der Waals surface area contributed by atoms with Crippen molar-refractivity contribution in [2.24, 2.45) is 11.1 Å². The van der Waals surface area contributed by atoms with Crippen molar-refractivity contribution in [1.29, 1.82) is 0 Å². The first-order valence-electron chi connectivity index (χ1n) is 7.27. The van der Waals surface area contributed by atoms with Gasteiger partial charge in [-0.2, -0.15) is 11.3 Å². The topological polar surface area (TPSA) is 29.3 Å². The Kier molecular flexibility index (Phi) is 3.73. The van der Waals surface area contributed by atoms with Crippen LogP contribution in [0.5, 0.6) is 0 Å². The highest BCUT2D eigenvalue weighted by Gasteiger charge is 2.38. The summed E-state index contributed by atoms with van der Waals surface area (Å²) in [6.45, 7) is 3.24. The fourth-order valence-electron chi connectivity index (χ4n) is 3.35. The molecular formula is C15H24N2S. The number of nitrogens with zero attached hydrogens (tertiary/aromatic N) is 1. The van der Waals surface area contributed by atoms with E-state index >= 15 is 0 Å². The molecule has 0 radical (unpaired) electrons. The van der Waals surface area contributed by atoms with Gasteiger partial charge < -0.3 is 5.73 Å². The van der Waals surface area contributed by atoms with Crippen LogP contribution in [-0.2, 0) is 6.54 Å². The molecule has 3 heteroatoms. The van der Waals surface area contributed by atoms with Gasteiger partial charge in [0.15, 0.2) is 0 Å². The second kappa shape index (κ2) is 5.32. The normalized spacial score (nSPS) is 22.8. The zero-order valence-corrected chi connectivity index (χ0v) is 11.9. The molecule has 0 unspecified atom stereocenters. The molecule has 2 N–H and O–H groups in total. The largest absolute Gasteiger partial charge is 0.330 e. The highest BCUT2D eigenvalue weighted by Crippen LogP contribution is 2.40. The van der Waals surface area contributed by atoms with Gasteiger partial charge in [-0.25, -0.2) is 0 Å². The minimum Gasteiger partial charge on any atom is -0.330 e. The third-order valence-electron chi connectivity index (χ3n) is 4.66. The second-order valence-electron chi connectivity index (χ2n) is 6.18. The molecule has 0 amide bonds. The summed E-state index contributed by atoms with van der Waals surface area (Å²) >= 11 is 1.81. The zero-order valence-electron chi connectivity index (χ0n) is 11.1. The average molecular weight is 264 g/mol. The minimum absolute atomic E-state index is 0.429. The van der Waals surface area contributed by atoms with Crippen LogP contribution in [0.3, 0.4) is 0 Å². The van der Waals surface area contributed by atoms with Crippen LogP contribution in [-0.4, -0.2) is 24.0 Å². The van der Waals surface area contributed by atoms with E-state index < -0.39 is 0 Å². The predicted octanol–water partition coefficient (Wildman–Crippen LogP) is 3.23. The third-order valence-corrected chi connectivity index (χ3v) is 5.40. The van der Waals surface area contributed by atoms with Gasteiger partial charge in [0.1, 0.15) is 0 Å². The molecule has 0 aliphatic heterocycles. The van der Waals surface area contributed by atoms with E-state index in [0.717, 1.165) is 19.1 Å². The van der Waals surface area contributed by atoms with Crippen LogP contribution in [0.4, 0.5) is 0 Å². The molecule has 18 heavy (non-hydrogen) atoms. The van der Waals surface area contributed by atoms with Crippen molar-refractivity contribution in [2.75, 3.05) is 13.1 Å². The van der Waals surface area contributed by atoms with E-state index in [9.17, 15) is 0 Å². The summed E-state index contributed by atoms with van der Waals surface area (Å²) in [5.74, 6) is 0. The highest BCUT2D eigenvalue weighted by molar-refractivity contribution is 7.07. The Labute approximate surface area is 114 Å². The fraction of sp³-hybridized carbons (Fsp3) is 0.733. The van der Waals surface area contributed by atoms with Gasteiger partial charge in [-0.05, 0) is 60.0 Å². The number of thiophene rings is 1. The first-order chi connectivity index (χ1) is 8.81. The van der Waals surface area contributed by atoms with Gasteiger partial charge in [0, 0.05) is 19.1 Å². The Hall–Kier alpha value is -0.380.